The second-order valence-electron chi connectivity index (χ2n) is 5.12. The highest BCUT2D eigenvalue weighted by Crippen LogP contribution is 2.26. The van der Waals surface area contributed by atoms with Gasteiger partial charge in [0.05, 0.1) is 6.54 Å². The van der Waals surface area contributed by atoms with E-state index in [9.17, 15) is 4.91 Å². The Balaban J connectivity index is 1.89. The van der Waals surface area contributed by atoms with E-state index < -0.39 is 0 Å². The van der Waals surface area contributed by atoms with Gasteiger partial charge in [-0.05, 0) is 45.3 Å². The van der Waals surface area contributed by atoms with E-state index in [0.717, 1.165) is 27.5 Å². The van der Waals surface area contributed by atoms with Gasteiger partial charge < -0.3 is 0 Å². The van der Waals surface area contributed by atoms with Crippen molar-refractivity contribution in [3.8, 4) is 0 Å². The summed E-state index contributed by atoms with van der Waals surface area (Å²) in [5.74, 6) is 0. The molecule has 0 aliphatic carbocycles. The molecule has 1 heterocycles. The molecule has 3 rings (SSSR count). The average molecular weight is 301 g/mol. The van der Waals surface area contributed by atoms with Crippen molar-refractivity contribution in [1.82, 2.24) is 4.98 Å². The molecule has 0 bridgehead atoms. The lowest BCUT2D eigenvalue weighted by Crippen LogP contribution is -1.91. The largest absolute Gasteiger partial charge is 0.288 e. The molecule has 1 aromatic heterocycles. The van der Waals surface area contributed by atoms with Crippen LogP contribution in [0.2, 0.25) is 0 Å². The number of nitrogens with zero attached hydrogens (tertiary/aromatic N) is 3. The molecule has 0 aliphatic rings. The van der Waals surface area contributed by atoms with E-state index in [1.807, 2.05) is 42.5 Å². The topological polar surface area (TPSA) is 54.7 Å². The van der Waals surface area contributed by atoms with Crippen molar-refractivity contribution in [3.63, 3.8) is 0 Å². The molecule has 0 saturated carbocycles. The van der Waals surface area contributed by atoms with Crippen LogP contribution < -0.4 is 0 Å². The van der Waals surface area contributed by atoms with E-state index in [1.54, 1.807) is 24.7 Å². The second-order valence-corrected chi connectivity index (χ2v) is 5.12. The molecule has 0 fully saturated rings. The van der Waals surface area contributed by atoms with Crippen molar-refractivity contribution < 1.29 is 0 Å². The first kappa shape index (κ1) is 14.8. The van der Waals surface area contributed by atoms with Gasteiger partial charge in [-0.1, -0.05) is 36.9 Å². The van der Waals surface area contributed by atoms with Crippen LogP contribution in [0.4, 0.5) is 5.69 Å². The number of nitroso groups, excluding NO2 is 1. The van der Waals surface area contributed by atoms with Gasteiger partial charge in [0.1, 0.15) is 5.69 Å². The number of rotatable bonds is 5. The molecule has 2 aromatic carbocycles. The van der Waals surface area contributed by atoms with Crippen LogP contribution >= 0.6 is 0 Å². The van der Waals surface area contributed by atoms with Crippen LogP contribution in [-0.2, 0) is 0 Å². The van der Waals surface area contributed by atoms with Gasteiger partial charge in [-0.3, -0.25) is 9.98 Å². The molecule has 23 heavy (non-hydrogen) atoms. The quantitative estimate of drug-likeness (QED) is 0.503. The summed E-state index contributed by atoms with van der Waals surface area (Å²) in [7, 11) is 0. The zero-order valence-corrected chi connectivity index (χ0v) is 12.5. The van der Waals surface area contributed by atoms with Gasteiger partial charge in [-0.25, -0.2) is 0 Å². The van der Waals surface area contributed by atoms with Gasteiger partial charge in [0.25, 0.3) is 0 Å². The van der Waals surface area contributed by atoms with Gasteiger partial charge in [-0.2, -0.15) is 0 Å². The zero-order valence-electron chi connectivity index (χ0n) is 12.5. The lowest BCUT2D eigenvalue weighted by atomic mass is 10.0. The highest BCUT2D eigenvalue weighted by Gasteiger charge is 2.06. The van der Waals surface area contributed by atoms with E-state index >= 15 is 0 Å². The average Bonchev–Trinajstić information content (AvgIpc) is 2.62. The molecule has 0 unspecified atom stereocenters. The van der Waals surface area contributed by atoms with Gasteiger partial charge >= 0.3 is 0 Å². The summed E-state index contributed by atoms with van der Waals surface area (Å²) < 4.78 is 0. The normalized spacial score (nSPS) is 11.0. The predicted molar refractivity (Wildman–Crippen MR) is 95.1 cm³/mol. The van der Waals surface area contributed by atoms with E-state index in [1.165, 1.54) is 0 Å². The minimum Gasteiger partial charge on any atom is -0.288 e. The van der Waals surface area contributed by atoms with Crippen LogP contribution in [-0.4, -0.2) is 17.7 Å². The molecule has 3 aromatic rings. The van der Waals surface area contributed by atoms with Crippen molar-refractivity contribution in [3.05, 3.63) is 83.5 Å². The van der Waals surface area contributed by atoms with E-state index in [2.05, 4.69) is 21.7 Å². The first-order chi connectivity index (χ1) is 11.3. The maximum absolute atomic E-state index is 11.1. The first-order valence-corrected chi connectivity index (χ1v) is 7.22. The van der Waals surface area contributed by atoms with Crippen LogP contribution in [0.5, 0.6) is 0 Å². The van der Waals surface area contributed by atoms with E-state index in [-0.39, 0.29) is 0 Å². The van der Waals surface area contributed by atoms with Crippen LogP contribution in [0.15, 0.2) is 77.7 Å². The van der Waals surface area contributed by atoms with Crippen molar-refractivity contribution in [2.24, 2.45) is 10.2 Å². The summed E-state index contributed by atoms with van der Waals surface area (Å²) in [6.07, 6.45) is 5.15. The molecule has 0 N–H and O–H groups in total. The Morgan fingerprint density at radius 1 is 1.09 bits per heavy atom. The second kappa shape index (κ2) is 6.75. The molecule has 4 heteroatoms. The molecule has 0 radical (unpaired) electrons. The Bertz CT molecular complexity index is 886. The number of hydrogen-bond acceptors (Lipinski definition) is 4. The fourth-order valence-electron chi connectivity index (χ4n) is 2.43. The highest BCUT2D eigenvalue weighted by atomic mass is 16.3. The molecule has 4 nitrogen and oxygen atoms in total. The number of benzene rings is 2. The number of pyridine rings is 1. The van der Waals surface area contributed by atoms with Crippen LogP contribution in [0.3, 0.4) is 0 Å². The summed E-state index contributed by atoms with van der Waals surface area (Å²) in [4.78, 5) is 19.5. The van der Waals surface area contributed by atoms with E-state index in [0.29, 0.717) is 12.2 Å². The maximum atomic E-state index is 11.1. The number of aliphatic imine (C=N–C) groups is 1. The molecule has 0 spiro atoms. The molecular formula is C19H15N3O. The lowest BCUT2D eigenvalue weighted by Gasteiger charge is -2.05. The summed E-state index contributed by atoms with van der Waals surface area (Å²) in [6, 6.07) is 15.3. The Morgan fingerprint density at radius 3 is 2.65 bits per heavy atom. The third kappa shape index (κ3) is 3.21. The molecule has 0 atom stereocenters. The maximum Gasteiger partial charge on any atom is 0.117 e. The molecule has 0 amide bonds. The third-order valence-corrected chi connectivity index (χ3v) is 3.64. The van der Waals surface area contributed by atoms with Gasteiger partial charge in [0, 0.05) is 24.2 Å². The van der Waals surface area contributed by atoms with Crippen molar-refractivity contribution in [1.29, 1.82) is 0 Å². The Kier molecular flexibility index (Phi) is 4.34. The Labute approximate surface area is 134 Å². The predicted octanol–water partition coefficient (Wildman–Crippen LogP) is 4.77. The summed E-state index contributed by atoms with van der Waals surface area (Å²) in [5.41, 5.74) is 3.02. The standard InChI is InChI=1S/C19H15N3O/c1-14(15-8-10-20-11-9-15)12-21-13-18-17-5-3-2-4-16(17)6-7-19(18)22-23/h2-11,13H,1,12H2/b21-13+. The Morgan fingerprint density at radius 2 is 1.87 bits per heavy atom. The van der Waals surface area contributed by atoms with Gasteiger partial charge in [-0.15, -0.1) is 4.91 Å². The molecular weight excluding hydrogens is 286 g/mol. The summed E-state index contributed by atoms with van der Waals surface area (Å²) in [6.45, 7) is 4.48. The number of fused-ring (bicyclic) bond motifs is 1. The van der Waals surface area contributed by atoms with E-state index in [4.69, 9.17) is 0 Å². The van der Waals surface area contributed by atoms with Gasteiger partial charge in [0.2, 0.25) is 0 Å². The molecule has 112 valence electrons. The minimum atomic E-state index is 0.391. The Hall–Kier alpha value is -3.14. The van der Waals surface area contributed by atoms with Crippen molar-refractivity contribution in [2.45, 2.75) is 0 Å². The van der Waals surface area contributed by atoms with Crippen LogP contribution in [0.25, 0.3) is 16.3 Å². The van der Waals surface area contributed by atoms with Crippen LogP contribution in [0, 0.1) is 4.91 Å². The van der Waals surface area contributed by atoms with Crippen molar-refractivity contribution in [2.75, 3.05) is 6.54 Å². The monoisotopic (exact) mass is 301 g/mol. The molecule has 0 aliphatic heterocycles. The smallest absolute Gasteiger partial charge is 0.117 e. The fraction of sp³-hybridized carbons (Fsp3) is 0.0526. The SMILES string of the molecule is C=C(C/N=C/c1c(N=O)ccc2ccccc12)c1ccncc1. The summed E-state index contributed by atoms with van der Waals surface area (Å²) in [5, 5.41) is 5.12. The lowest BCUT2D eigenvalue weighted by molar-refractivity contribution is 1.25. The first-order valence-electron chi connectivity index (χ1n) is 7.22. The summed E-state index contributed by atoms with van der Waals surface area (Å²) >= 11 is 0. The minimum absolute atomic E-state index is 0.391. The fourth-order valence-corrected chi connectivity index (χ4v) is 2.43. The number of aromatic nitrogens is 1. The highest BCUT2D eigenvalue weighted by molar-refractivity contribution is 6.04. The number of hydrogen-bond donors (Lipinski definition) is 0. The third-order valence-electron chi connectivity index (χ3n) is 3.64. The van der Waals surface area contributed by atoms with Gasteiger partial charge in [0.15, 0.2) is 0 Å². The molecule has 0 saturated heterocycles. The zero-order chi connectivity index (χ0) is 16.1. The van der Waals surface area contributed by atoms with Crippen molar-refractivity contribution >= 4 is 28.2 Å². The van der Waals surface area contributed by atoms with Crippen LogP contribution in [0.1, 0.15) is 11.1 Å².